The van der Waals surface area contributed by atoms with Crippen LogP contribution in [-0.4, -0.2) is 10.5 Å². The Balaban J connectivity index is 2.28. The zero-order chi connectivity index (χ0) is 11.3. The van der Waals surface area contributed by atoms with Crippen molar-refractivity contribution in [2.75, 3.05) is 0 Å². The second-order valence-corrected chi connectivity index (χ2v) is 4.52. The maximum atomic E-state index is 13.4. The molecule has 0 unspecified atom stereocenters. The molecule has 0 atom stereocenters. The zero-order valence-electron chi connectivity index (χ0n) is 9.13. The first-order chi connectivity index (χ1) is 7.58. The van der Waals surface area contributed by atoms with Crippen LogP contribution in [0.25, 0.3) is 10.9 Å². The van der Waals surface area contributed by atoms with E-state index in [9.17, 15) is 8.78 Å². The maximum absolute atomic E-state index is 13.4. The number of aryl methyl sites for hydroxylation is 2. The number of rotatable bonds is 0. The highest BCUT2D eigenvalue weighted by Gasteiger charge is 2.35. The molecule has 2 aromatic rings. The van der Waals surface area contributed by atoms with Crippen LogP contribution in [0.15, 0.2) is 24.3 Å². The summed E-state index contributed by atoms with van der Waals surface area (Å²) in [6.45, 7) is 2.37. The summed E-state index contributed by atoms with van der Waals surface area (Å²) in [4.78, 5) is 0. The van der Waals surface area contributed by atoms with Gasteiger partial charge in [-0.25, -0.2) is 8.78 Å². The highest BCUT2D eigenvalue weighted by Crippen LogP contribution is 2.36. The van der Waals surface area contributed by atoms with Crippen molar-refractivity contribution < 1.29 is 8.78 Å². The Morgan fingerprint density at radius 1 is 1.25 bits per heavy atom. The molecule has 2 heterocycles. The van der Waals surface area contributed by atoms with Gasteiger partial charge in [0.15, 0.2) is 0 Å². The molecule has 0 saturated carbocycles. The van der Waals surface area contributed by atoms with Crippen molar-refractivity contribution in [3.8, 4) is 0 Å². The lowest BCUT2D eigenvalue weighted by atomic mass is 10.0. The van der Waals surface area contributed by atoms with Crippen LogP contribution in [0.1, 0.15) is 17.7 Å². The predicted octanol–water partition coefficient (Wildman–Crippen LogP) is 3.53. The van der Waals surface area contributed by atoms with Crippen molar-refractivity contribution in [2.45, 2.75) is 32.2 Å². The van der Waals surface area contributed by atoms with Crippen LogP contribution >= 0.6 is 0 Å². The monoisotopic (exact) mass is 221 g/mol. The standard InChI is InChI=1S/C13H13F2N/c1-9-10-4-2-3-5-11(10)16-7-6-13(14,15)8-12(9)16/h2-5H,6-8H2,1H3. The van der Waals surface area contributed by atoms with Gasteiger partial charge in [-0.15, -0.1) is 0 Å². The van der Waals surface area contributed by atoms with Gasteiger partial charge in [0.05, 0.1) is 6.42 Å². The van der Waals surface area contributed by atoms with E-state index in [1.165, 1.54) is 0 Å². The van der Waals surface area contributed by atoms with E-state index in [4.69, 9.17) is 0 Å². The highest BCUT2D eigenvalue weighted by atomic mass is 19.3. The molecule has 0 N–H and O–H groups in total. The maximum Gasteiger partial charge on any atom is 0.255 e. The first-order valence-corrected chi connectivity index (χ1v) is 5.53. The lowest BCUT2D eigenvalue weighted by Gasteiger charge is -2.25. The van der Waals surface area contributed by atoms with Crippen LogP contribution in [0.5, 0.6) is 0 Å². The summed E-state index contributed by atoms with van der Waals surface area (Å²) in [6, 6.07) is 7.94. The van der Waals surface area contributed by atoms with Gasteiger partial charge in [-0.05, 0) is 18.6 Å². The fourth-order valence-electron chi connectivity index (χ4n) is 2.62. The third kappa shape index (κ3) is 1.27. The smallest absolute Gasteiger partial charge is 0.255 e. The number of hydrogen-bond donors (Lipinski definition) is 0. The molecule has 1 aliphatic heterocycles. The first kappa shape index (κ1) is 9.82. The number of aromatic nitrogens is 1. The van der Waals surface area contributed by atoms with Gasteiger partial charge in [0.2, 0.25) is 0 Å². The molecule has 0 radical (unpaired) electrons. The number of nitrogens with zero attached hydrogens (tertiary/aromatic N) is 1. The summed E-state index contributed by atoms with van der Waals surface area (Å²) < 4.78 is 28.8. The third-order valence-electron chi connectivity index (χ3n) is 3.48. The van der Waals surface area contributed by atoms with Gasteiger partial charge in [0.1, 0.15) is 0 Å². The van der Waals surface area contributed by atoms with E-state index in [1.54, 1.807) is 0 Å². The summed E-state index contributed by atoms with van der Waals surface area (Å²) in [5.41, 5.74) is 2.90. The quantitative estimate of drug-likeness (QED) is 0.641. The number of benzene rings is 1. The number of alkyl halides is 2. The van der Waals surface area contributed by atoms with E-state index in [2.05, 4.69) is 0 Å². The lowest BCUT2D eigenvalue weighted by molar-refractivity contribution is -0.0221. The number of hydrogen-bond acceptors (Lipinski definition) is 0. The minimum atomic E-state index is -2.53. The Kier molecular flexibility index (Phi) is 1.88. The van der Waals surface area contributed by atoms with Crippen LogP contribution < -0.4 is 0 Å². The molecule has 0 spiro atoms. The topological polar surface area (TPSA) is 4.93 Å². The van der Waals surface area contributed by atoms with E-state index < -0.39 is 5.92 Å². The van der Waals surface area contributed by atoms with E-state index in [-0.39, 0.29) is 12.8 Å². The molecule has 1 nitrogen and oxygen atoms in total. The highest BCUT2D eigenvalue weighted by molar-refractivity contribution is 5.85. The van der Waals surface area contributed by atoms with Crippen LogP contribution in [0.2, 0.25) is 0 Å². The summed E-state index contributed by atoms with van der Waals surface area (Å²) in [5.74, 6) is -2.53. The Morgan fingerprint density at radius 3 is 2.81 bits per heavy atom. The summed E-state index contributed by atoms with van der Waals surface area (Å²) in [6.07, 6.45) is -0.161. The molecule has 3 heteroatoms. The molecule has 16 heavy (non-hydrogen) atoms. The molecule has 1 aromatic carbocycles. The lowest BCUT2D eigenvalue weighted by Crippen LogP contribution is -2.29. The van der Waals surface area contributed by atoms with Gasteiger partial charge in [0.25, 0.3) is 5.92 Å². The Bertz CT molecular complexity index is 554. The summed E-state index contributed by atoms with van der Waals surface area (Å²) >= 11 is 0. The van der Waals surface area contributed by atoms with Crippen molar-refractivity contribution >= 4 is 10.9 Å². The van der Waals surface area contributed by atoms with Gasteiger partial charge in [0, 0.05) is 29.6 Å². The predicted molar refractivity (Wildman–Crippen MR) is 59.9 cm³/mol. The van der Waals surface area contributed by atoms with Gasteiger partial charge >= 0.3 is 0 Å². The van der Waals surface area contributed by atoms with Gasteiger partial charge < -0.3 is 4.57 Å². The van der Waals surface area contributed by atoms with E-state index >= 15 is 0 Å². The molecule has 84 valence electrons. The second kappa shape index (κ2) is 3.06. The third-order valence-corrected chi connectivity index (χ3v) is 3.48. The number of para-hydroxylation sites is 1. The molecule has 1 aromatic heterocycles. The fourth-order valence-corrected chi connectivity index (χ4v) is 2.62. The van der Waals surface area contributed by atoms with Crippen LogP contribution in [0, 0.1) is 6.92 Å². The summed E-state index contributed by atoms with van der Waals surface area (Å²) in [7, 11) is 0. The van der Waals surface area contributed by atoms with E-state index in [0.717, 1.165) is 22.2 Å². The molecule has 0 bridgehead atoms. The molecule has 0 amide bonds. The van der Waals surface area contributed by atoms with E-state index in [1.807, 2.05) is 35.8 Å². The average Bonchev–Trinajstić information content (AvgIpc) is 2.52. The largest absolute Gasteiger partial charge is 0.344 e. The van der Waals surface area contributed by atoms with Crippen molar-refractivity contribution in [3.05, 3.63) is 35.5 Å². The van der Waals surface area contributed by atoms with Crippen LogP contribution in [0.4, 0.5) is 8.78 Å². The van der Waals surface area contributed by atoms with Crippen molar-refractivity contribution in [3.63, 3.8) is 0 Å². The van der Waals surface area contributed by atoms with Crippen molar-refractivity contribution in [2.24, 2.45) is 0 Å². The van der Waals surface area contributed by atoms with Gasteiger partial charge in [-0.3, -0.25) is 0 Å². The van der Waals surface area contributed by atoms with E-state index in [0.29, 0.717) is 6.54 Å². The normalized spacial score (nSPS) is 18.7. The molecular formula is C13H13F2N. The van der Waals surface area contributed by atoms with Crippen molar-refractivity contribution in [1.29, 1.82) is 0 Å². The summed E-state index contributed by atoms with van der Waals surface area (Å²) in [5, 5.41) is 1.11. The molecular weight excluding hydrogens is 208 g/mol. The van der Waals surface area contributed by atoms with Gasteiger partial charge in [-0.1, -0.05) is 18.2 Å². The molecule has 3 rings (SSSR count). The Morgan fingerprint density at radius 2 is 2.00 bits per heavy atom. The SMILES string of the molecule is Cc1c2n(c3ccccc13)CCC(F)(F)C2. The first-order valence-electron chi connectivity index (χ1n) is 5.53. The molecule has 0 fully saturated rings. The molecule has 1 aliphatic rings. The Hall–Kier alpha value is -1.38. The molecule has 0 aliphatic carbocycles. The fraction of sp³-hybridized carbons (Fsp3) is 0.385. The minimum absolute atomic E-state index is 0.0435. The van der Waals surface area contributed by atoms with Crippen molar-refractivity contribution in [1.82, 2.24) is 4.57 Å². The second-order valence-electron chi connectivity index (χ2n) is 4.52. The number of halogens is 2. The molecule has 0 saturated heterocycles. The Labute approximate surface area is 92.7 Å². The zero-order valence-corrected chi connectivity index (χ0v) is 9.13. The minimum Gasteiger partial charge on any atom is -0.344 e. The van der Waals surface area contributed by atoms with Crippen LogP contribution in [0.3, 0.4) is 0 Å². The van der Waals surface area contributed by atoms with Crippen LogP contribution in [-0.2, 0) is 13.0 Å². The number of fused-ring (bicyclic) bond motifs is 3. The van der Waals surface area contributed by atoms with Gasteiger partial charge in [-0.2, -0.15) is 0 Å². The average molecular weight is 221 g/mol.